The van der Waals surface area contributed by atoms with Crippen LogP contribution in [0.4, 0.5) is 5.69 Å². The van der Waals surface area contributed by atoms with E-state index in [4.69, 9.17) is 5.11 Å². The van der Waals surface area contributed by atoms with Crippen molar-refractivity contribution in [2.24, 2.45) is 0 Å². The molecule has 1 N–H and O–H groups in total. The molecule has 15 heavy (non-hydrogen) atoms. The fraction of sp³-hybridized carbons (Fsp3) is 0.250. The zero-order valence-corrected chi connectivity index (χ0v) is 8.97. The second-order valence-corrected chi connectivity index (χ2v) is 3.45. The normalized spacial score (nSPS) is 10.5. The molecule has 1 aromatic carbocycles. The zero-order chi connectivity index (χ0) is 11.3. The Balaban J connectivity index is 2.84. The van der Waals surface area contributed by atoms with Gasteiger partial charge in [0, 0.05) is 19.8 Å². The summed E-state index contributed by atoms with van der Waals surface area (Å²) in [5, 5.41) is 8.51. The minimum Gasteiger partial charge on any atom is -0.481 e. The molecule has 0 aliphatic carbocycles. The molecule has 0 fully saturated rings. The maximum Gasteiger partial charge on any atom is 0.307 e. The predicted molar refractivity (Wildman–Crippen MR) is 62.1 cm³/mol. The highest BCUT2D eigenvalue weighted by Crippen LogP contribution is 2.19. The number of hydrogen-bond donors (Lipinski definition) is 1. The molecule has 1 aromatic rings. The van der Waals surface area contributed by atoms with Crippen molar-refractivity contribution in [3.05, 3.63) is 35.9 Å². The van der Waals surface area contributed by atoms with E-state index in [9.17, 15) is 4.79 Å². The largest absolute Gasteiger partial charge is 0.481 e. The summed E-state index contributed by atoms with van der Waals surface area (Å²) in [6.07, 6.45) is 3.55. The zero-order valence-electron chi connectivity index (χ0n) is 8.97. The molecule has 0 spiro atoms. The van der Waals surface area contributed by atoms with Crippen molar-refractivity contribution < 1.29 is 9.90 Å². The molecule has 0 bridgehead atoms. The second kappa shape index (κ2) is 5.20. The van der Waals surface area contributed by atoms with Crippen molar-refractivity contribution in [1.29, 1.82) is 0 Å². The van der Waals surface area contributed by atoms with Crippen molar-refractivity contribution in [2.45, 2.75) is 6.42 Å². The van der Waals surface area contributed by atoms with Crippen LogP contribution in [0.25, 0.3) is 6.08 Å². The van der Waals surface area contributed by atoms with Crippen LogP contribution < -0.4 is 4.90 Å². The molecule has 0 aromatic heterocycles. The molecule has 0 saturated carbocycles. The van der Waals surface area contributed by atoms with E-state index in [-0.39, 0.29) is 6.42 Å². The summed E-state index contributed by atoms with van der Waals surface area (Å²) in [4.78, 5) is 12.3. The van der Waals surface area contributed by atoms with E-state index in [1.165, 1.54) is 0 Å². The number of nitrogens with zero attached hydrogens (tertiary/aromatic N) is 1. The SMILES string of the molecule is CN(C)c1ccccc1C=CCC(=O)O. The first-order valence-corrected chi connectivity index (χ1v) is 4.76. The van der Waals surface area contributed by atoms with Gasteiger partial charge in [0.25, 0.3) is 0 Å². The van der Waals surface area contributed by atoms with E-state index in [2.05, 4.69) is 0 Å². The molecule has 0 heterocycles. The first-order valence-electron chi connectivity index (χ1n) is 4.76. The van der Waals surface area contributed by atoms with Crippen molar-refractivity contribution in [3.63, 3.8) is 0 Å². The van der Waals surface area contributed by atoms with E-state index in [1.54, 1.807) is 6.08 Å². The average molecular weight is 205 g/mol. The van der Waals surface area contributed by atoms with E-state index >= 15 is 0 Å². The Morgan fingerprint density at radius 2 is 2.07 bits per heavy atom. The lowest BCUT2D eigenvalue weighted by molar-refractivity contribution is -0.135. The second-order valence-electron chi connectivity index (χ2n) is 3.45. The Kier molecular flexibility index (Phi) is 3.92. The van der Waals surface area contributed by atoms with Gasteiger partial charge in [0.2, 0.25) is 0 Å². The van der Waals surface area contributed by atoms with Gasteiger partial charge in [-0.25, -0.2) is 0 Å². The average Bonchev–Trinajstić information content (AvgIpc) is 2.17. The lowest BCUT2D eigenvalue weighted by Crippen LogP contribution is -2.09. The van der Waals surface area contributed by atoms with Gasteiger partial charge in [0.15, 0.2) is 0 Å². The highest BCUT2D eigenvalue weighted by molar-refractivity contribution is 5.73. The summed E-state index contributed by atoms with van der Waals surface area (Å²) in [7, 11) is 3.92. The van der Waals surface area contributed by atoms with Gasteiger partial charge >= 0.3 is 5.97 Å². The Morgan fingerprint density at radius 3 is 2.67 bits per heavy atom. The van der Waals surface area contributed by atoms with E-state index in [0.717, 1.165) is 11.3 Å². The summed E-state index contributed by atoms with van der Waals surface area (Å²) in [6.45, 7) is 0. The maximum atomic E-state index is 10.3. The molecule has 0 amide bonds. The number of carbonyl (C=O) groups is 1. The van der Waals surface area contributed by atoms with Crippen molar-refractivity contribution in [2.75, 3.05) is 19.0 Å². The molecule has 3 nitrogen and oxygen atoms in total. The molecule has 0 saturated heterocycles. The standard InChI is InChI=1S/C12H15NO2/c1-13(2)11-8-4-3-6-10(11)7-5-9-12(14)15/h3-8H,9H2,1-2H3,(H,14,15). The molecule has 0 aliphatic heterocycles. The van der Waals surface area contributed by atoms with Crippen molar-refractivity contribution in [1.82, 2.24) is 0 Å². The number of anilines is 1. The van der Waals surface area contributed by atoms with Crippen LogP contribution in [-0.4, -0.2) is 25.2 Å². The Hall–Kier alpha value is -1.77. The quantitative estimate of drug-likeness (QED) is 0.819. The molecular formula is C12H15NO2. The topological polar surface area (TPSA) is 40.5 Å². The number of carboxylic acid groups (broad SMARTS) is 1. The first-order chi connectivity index (χ1) is 7.11. The monoisotopic (exact) mass is 205 g/mol. The Morgan fingerprint density at radius 1 is 1.40 bits per heavy atom. The van der Waals surface area contributed by atoms with Crippen LogP contribution in [0.5, 0.6) is 0 Å². The fourth-order valence-corrected chi connectivity index (χ4v) is 1.32. The van der Waals surface area contributed by atoms with Crippen LogP contribution in [0.1, 0.15) is 12.0 Å². The third kappa shape index (κ3) is 3.46. The first kappa shape index (κ1) is 11.3. The molecule has 0 aliphatic rings. The van der Waals surface area contributed by atoms with Crippen LogP contribution in [0, 0.1) is 0 Å². The van der Waals surface area contributed by atoms with E-state index in [0.29, 0.717) is 0 Å². The van der Waals surface area contributed by atoms with Crippen LogP contribution in [0.2, 0.25) is 0 Å². The molecule has 1 rings (SSSR count). The van der Waals surface area contributed by atoms with Crippen LogP contribution in [-0.2, 0) is 4.79 Å². The van der Waals surface area contributed by atoms with Crippen molar-refractivity contribution >= 4 is 17.7 Å². The molecule has 0 unspecified atom stereocenters. The minimum absolute atomic E-state index is 0.0573. The molecule has 80 valence electrons. The summed E-state index contributed by atoms with van der Waals surface area (Å²) in [5.41, 5.74) is 2.11. The molecule has 3 heteroatoms. The van der Waals surface area contributed by atoms with E-state index in [1.807, 2.05) is 49.3 Å². The van der Waals surface area contributed by atoms with Gasteiger partial charge in [-0.2, -0.15) is 0 Å². The van der Waals surface area contributed by atoms with Gasteiger partial charge < -0.3 is 10.0 Å². The number of para-hydroxylation sites is 1. The van der Waals surface area contributed by atoms with Gasteiger partial charge in [0.1, 0.15) is 0 Å². The summed E-state index contributed by atoms with van der Waals surface area (Å²) in [6, 6.07) is 7.87. The number of hydrogen-bond acceptors (Lipinski definition) is 2. The van der Waals surface area contributed by atoms with Crippen molar-refractivity contribution in [3.8, 4) is 0 Å². The van der Waals surface area contributed by atoms with Gasteiger partial charge in [0.05, 0.1) is 6.42 Å². The van der Waals surface area contributed by atoms with Gasteiger partial charge in [-0.15, -0.1) is 0 Å². The third-order valence-corrected chi connectivity index (χ3v) is 2.01. The molecular weight excluding hydrogens is 190 g/mol. The van der Waals surface area contributed by atoms with Gasteiger partial charge in [-0.3, -0.25) is 4.79 Å². The molecule has 0 atom stereocenters. The lowest BCUT2D eigenvalue weighted by atomic mass is 10.1. The summed E-state index contributed by atoms with van der Waals surface area (Å²) >= 11 is 0. The predicted octanol–water partition coefficient (Wildman–Crippen LogP) is 2.24. The fourth-order valence-electron chi connectivity index (χ4n) is 1.32. The number of aliphatic carboxylic acids is 1. The number of rotatable bonds is 4. The van der Waals surface area contributed by atoms with Crippen LogP contribution in [0.3, 0.4) is 0 Å². The Bertz CT molecular complexity index is 370. The van der Waals surface area contributed by atoms with Crippen LogP contribution >= 0.6 is 0 Å². The van der Waals surface area contributed by atoms with Gasteiger partial charge in [-0.1, -0.05) is 30.4 Å². The van der Waals surface area contributed by atoms with E-state index < -0.39 is 5.97 Å². The third-order valence-electron chi connectivity index (χ3n) is 2.01. The number of carboxylic acids is 1. The molecule has 0 radical (unpaired) electrons. The van der Waals surface area contributed by atoms with Crippen LogP contribution in [0.15, 0.2) is 30.3 Å². The lowest BCUT2D eigenvalue weighted by Gasteiger charge is -2.15. The smallest absolute Gasteiger partial charge is 0.307 e. The highest BCUT2D eigenvalue weighted by atomic mass is 16.4. The number of benzene rings is 1. The summed E-state index contributed by atoms with van der Waals surface area (Å²) in [5.74, 6) is -0.811. The summed E-state index contributed by atoms with van der Waals surface area (Å²) < 4.78 is 0. The van der Waals surface area contributed by atoms with Gasteiger partial charge in [-0.05, 0) is 11.6 Å². The highest BCUT2D eigenvalue weighted by Gasteiger charge is 1.99. The Labute approximate surface area is 89.6 Å². The minimum atomic E-state index is -0.811. The maximum absolute atomic E-state index is 10.3.